The van der Waals surface area contributed by atoms with Crippen LogP contribution in [-0.4, -0.2) is 36.1 Å². The molecule has 3 heterocycles. The van der Waals surface area contributed by atoms with Gasteiger partial charge in [0.25, 0.3) is 0 Å². The number of aromatic nitrogens is 2. The summed E-state index contributed by atoms with van der Waals surface area (Å²) in [5.41, 5.74) is 3.90. The molecule has 1 aliphatic carbocycles. The van der Waals surface area contributed by atoms with Gasteiger partial charge in [-0.05, 0) is 25.0 Å². The fourth-order valence-electron chi connectivity index (χ4n) is 3.14. The van der Waals surface area contributed by atoms with E-state index in [0.29, 0.717) is 11.5 Å². The highest BCUT2D eigenvalue weighted by atomic mass is 15.2. The van der Waals surface area contributed by atoms with E-state index in [1.807, 2.05) is 24.4 Å². The highest BCUT2D eigenvalue weighted by Crippen LogP contribution is 2.44. The smallest absolute Gasteiger partial charge is 0.146 e. The number of anilines is 1. The van der Waals surface area contributed by atoms with E-state index in [-0.39, 0.29) is 0 Å². The maximum atomic E-state index is 9.62. The summed E-state index contributed by atoms with van der Waals surface area (Å²) in [7, 11) is 0. The monoisotopic (exact) mass is 305 g/mol. The minimum atomic E-state index is 0.527. The van der Waals surface area contributed by atoms with Gasteiger partial charge in [0.1, 0.15) is 11.9 Å². The first-order chi connectivity index (χ1) is 11.4. The summed E-state index contributed by atoms with van der Waals surface area (Å²) in [4.78, 5) is 11.4. The van der Waals surface area contributed by atoms with Gasteiger partial charge in [0.2, 0.25) is 0 Å². The molecular formula is C18H19N5. The first-order valence-electron chi connectivity index (χ1n) is 8.18. The molecule has 2 fully saturated rings. The molecule has 5 heteroatoms. The SMILES string of the molecule is N#Cc1cc(-c2cccnc2)c(C2CC2)nc1N1CCNCC1. The normalized spacial score (nSPS) is 17.8. The molecular weight excluding hydrogens is 286 g/mol. The molecule has 1 N–H and O–H groups in total. The van der Waals surface area contributed by atoms with Crippen molar-refractivity contribution >= 4 is 5.82 Å². The van der Waals surface area contributed by atoms with E-state index in [4.69, 9.17) is 4.98 Å². The van der Waals surface area contributed by atoms with Gasteiger partial charge in [-0.25, -0.2) is 4.98 Å². The van der Waals surface area contributed by atoms with Gasteiger partial charge in [0.15, 0.2) is 0 Å². The molecule has 1 saturated heterocycles. The standard InChI is InChI=1S/C18H19N5/c19-11-15-10-16(14-2-1-5-21-12-14)17(13-3-4-13)22-18(15)23-8-6-20-7-9-23/h1-2,5,10,12-13,20H,3-4,6-9H2. The average molecular weight is 305 g/mol. The van der Waals surface area contributed by atoms with Crippen LogP contribution < -0.4 is 10.2 Å². The zero-order valence-electron chi connectivity index (χ0n) is 13.0. The summed E-state index contributed by atoms with van der Waals surface area (Å²) < 4.78 is 0. The number of nitriles is 1. The second-order valence-corrected chi connectivity index (χ2v) is 6.16. The van der Waals surface area contributed by atoms with E-state index in [2.05, 4.69) is 21.3 Å². The Balaban J connectivity index is 1.83. The molecule has 0 radical (unpaired) electrons. The van der Waals surface area contributed by atoms with Crippen LogP contribution in [0.5, 0.6) is 0 Å². The van der Waals surface area contributed by atoms with Crippen LogP contribution in [0, 0.1) is 11.3 Å². The number of hydrogen-bond acceptors (Lipinski definition) is 5. The van der Waals surface area contributed by atoms with Crippen molar-refractivity contribution in [2.45, 2.75) is 18.8 Å². The van der Waals surface area contributed by atoms with Gasteiger partial charge in [0.05, 0.1) is 11.3 Å². The molecule has 23 heavy (non-hydrogen) atoms. The third kappa shape index (κ3) is 2.78. The van der Waals surface area contributed by atoms with Crippen LogP contribution in [0.3, 0.4) is 0 Å². The zero-order chi connectivity index (χ0) is 15.6. The highest BCUT2D eigenvalue weighted by molar-refractivity contribution is 5.72. The number of hydrogen-bond donors (Lipinski definition) is 1. The zero-order valence-corrected chi connectivity index (χ0v) is 13.0. The molecule has 116 valence electrons. The van der Waals surface area contributed by atoms with Crippen LogP contribution in [0.4, 0.5) is 5.82 Å². The third-order valence-electron chi connectivity index (χ3n) is 4.51. The van der Waals surface area contributed by atoms with Crippen molar-refractivity contribution in [1.82, 2.24) is 15.3 Å². The molecule has 0 atom stereocenters. The Labute approximate surface area is 136 Å². The second-order valence-electron chi connectivity index (χ2n) is 6.16. The molecule has 4 rings (SSSR count). The number of piperazine rings is 1. The fraction of sp³-hybridized carbons (Fsp3) is 0.389. The Bertz CT molecular complexity index is 740. The minimum Gasteiger partial charge on any atom is -0.353 e. The van der Waals surface area contributed by atoms with Crippen LogP contribution in [0.2, 0.25) is 0 Å². The molecule has 5 nitrogen and oxygen atoms in total. The lowest BCUT2D eigenvalue weighted by Crippen LogP contribution is -2.44. The Hall–Kier alpha value is -2.45. The van der Waals surface area contributed by atoms with E-state index in [1.165, 1.54) is 12.8 Å². The van der Waals surface area contributed by atoms with Gasteiger partial charge in [-0.15, -0.1) is 0 Å². The largest absolute Gasteiger partial charge is 0.353 e. The Kier molecular flexibility index (Phi) is 3.68. The Morgan fingerprint density at radius 3 is 2.74 bits per heavy atom. The quantitative estimate of drug-likeness (QED) is 0.942. The van der Waals surface area contributed by atoms with Gasteiger partial charge >= 0.3 is 0 Å². The predicted octanol–water partition coefficient (Wildman–Crippen LogP) is 2.30. The maximum absolute atomic E-state index is 9.62. The Morgan fingerprint density at radius 1 is 1.26 bits per heavy atom. The number of rotatable bonds is 3. The van der Waals surface area contributed by atoms with Gasteiger partial charge < -0.3 is 10.2 Å². The summed E-state index contributed by atoms with van der Waals surface area (Å²) in [5, 5.41) is 13.0. The number of pyridine rings is 2. The third-order valence-corrected chi connectivity index (χ3v) is 4.51. The molecule has 0 unspecified atom stereocenters. The van der Waals surface area contributed by atoms with Crippen molar-refractivity contribution in [1.29, 1.82) is 5.26 Å². The summed E-state index contributed by atoms with van der Waals surface area (Å²) in [6.45, 7) is 3.68. The van der Waals surface area contributed by atoms with E-state index < -0.39 is 0 Å². The molecule has 1 aliphatic heterocycles. The predicted molar refractivity (Wildman–Crippen MR) is 89.2 cm³/mol. The fourth-order valence-corrected chi connectivity index (χ4v) is 3.14. The van der Waals surface area contributed by atoms with E-state index in [9.17, 15) is 5.26 Å². The van der Waals surface area contributed by atoms with Crippen LogP contribution in [-0.2, 0) is 0 Å². The molecule has 2 aromatic heterocycles. The molecule has 0 amide bonds. The topological polar surface area (TPSA) is 64.8 Å². The lowest BCUT2D eigenvalue weighted by molar-refractivity contribution is 0.584. The first kappa shape index (κ1) is 14.2. The van der Waals surface area contributed by atoms with Crippen LogP contribution in [0.1, 0.15) is 30.0 Å². The van der Waals surface area contributed by atoms with Crippen molar-refractivity contribution < 1.29 is 0 Å². The van der Waals surface area contributed by atoms with Gasteiger partial charge in [-0.2, -0.15) is 5.26 Å². The minimum absolute atomic E-state index is 0.527. The first-order valence-corrected chi connectivity index (χ1v) is 8.18. The van der Waals surface area contributed by atoms with Crippen molar-refractivity contribution in [3.05, 3.63) is 41.9 Å². The van der Waals surface area contributed by atoms with Crippen molar-refractivity contribution in [3.63, 3.8) is 0 Å². The molecule has 2 aromatic rings. The molecule has 0 bridgehead atoms. The van der Waals surface area contributed by atoms with E-state index in [1.54, 1.807) is 6.20 Å². The van der Waals surface area contributed by atoms with Crippen molar-refractivity contribution in [3.8, 4) is 17.2 Å². The number of nitrogens with one attached hydrogen (secondary N) is 1. The highest BCUT2D eigenvalue weighted by Gasteiger charge is 2.30. The van der Waals surface area contributed by atoms with Gasteiger partial charge in [-0.3, -0.25) is 4.98 Å². The summed E-state index contributed by atoms with van der Waals surface area (Å²) in [6.07, 6.45) is 6.00. The average Bonchev–Trinajstić information content (AvgIpc) is 3.47. The molecule has 0 aromatic carbocycles. The number of nitrogens with zero attached hydrogens (tertiary/aromatic N) is 4. The molecule has 1 saturated carbocycles. The maximum Gasteiger partial charge on any atom is 0.146 e. The van der Waals surface area contributed by atoms with Gasteiger partial charge in [0, 0.05) is 55.6 Å². The Morgan fingerprint density at radius 2 is 2.09 bits per heavy atom. The van der Waals surface area contributed by atoms with Crippen molar-refractivity contribution in [2.75, 3.05) is 31.1 Å². The van der Waals surface area contributed by atoms with Gasteiger partial charge in [-0.1, -0.05) is 6.07 Å². The summed E-state index contributed by atoms with van der Waals surface area (Å²) in [5.74, 6) is 1.38. The molecule has 0 spiro atoms. The molecule has 2 aliphatic rings. The second kappa shape index (κ2) is 5.98. The summed E-state index contributed by atoms with van der Waals surface area (Å²) >= 11 is 0. The van der Waals surface area contributed by atoms with Crippen LogP contribution in [0.15, 0.2) is 30.6 Å². The van der Waals surface area contributed by atoms with E-state index >= 15 is 0 Å². The van der Waals surface area contributed by atoms with Crippen LogP contribution in [0.25, 0.3) is 11.1 Å². The summed E-state index contributed by atoms with van der Waals surface area (Å²) in [6, 6.07) is 8.33. The van der Waals surface area contributed by atoms with Crippen molar-refractivity contribution in [2.24, 2.45) is 0 Å². The van der Waals surface area contributed by atoms with E-state index in [0.717, 1.165) is 48.8 Å². The van der Waals surface area contributed by atoms with Crippen LogP contribution >= 0.6 is 0 Å². The lowest BCUT2D eigenvalue weighted by atomic mass is 10.0. The lowest BCUT2D eigenvalue weighted by Gasteiger charge is -2.29.